The Morgan fingerprint density at radius 3 is 1.95 bits per heavy atom. The van der Waals surface area contributed by atoms with E-state index in [-0.39, 0.29) is 5.41 Å². The van der Waals surface area contributed by atoms with E-state index < -0.39 is 29.4 Å². The maximum Gasteiger partial charge on any atom is 0.471 e. The quantitative estimate of drug-likeness (QED) is 0.848. The van der Waals surface area contributed by atoms with E-state index in [4.69, 9.17) is 0 Å². The number of nitrogens with one attached hydrogen (secondary N) is 1. The van der Waals surface area contributed by atoms with Crippen molar-refractivity contribution < 1.29 is 22.8 Å². The number of hydrogen-bond donors (Lipinski definition) is 1. The van der Waals surface area contributed by atoms with Crippen molar-refractivity contribution in [2.45, 2.75) is 46.8 Å². The van der Waals surface area contributed by atoms with Gasteiger partial charge in [0, 0.05) is 13.1 Å². The molecular formula is C15H23F3N2O2. The number of rotatable bonds is 2. The molecule has 0 radical (unpaired) electrons. The first kappa shape index (κ1) is 17.1. The minimum Gasteiger partial charge on any atom is -0.340 e. The van der Waals surface area contributed by atoms with Crippen molar-refractivity contribution in [2.75, 3.05) is 13.1 Å². The first-order valence-electron chi connectivity index (χ1n) is 7.42. The van der Waals surface area contributed by atoms with Crippen molar-refractivity contribution in [3.63, 3.8) is 0 Å². The highest BCUT2D eigenvalue weighted by molar-refractivity contribution is 5.90. The molecule has 7 heteroatoms. The molecule has 2 amide bonds. The second kappa shape index (κ2) is 4.86. The summed E-state index contributed by atoms with van der Waals surface area (Å²) in [5.41, 5.74) is -0.580. The molecule has 1 saturated heterocycles. The Morgan fingerprint density at radius 1 is 1.14 bits per heavy atom. The number of hydrogen-bond acceptors (Lipinski definition) is 2. The Morgan fingerprint density at radius 2 is 1.59 bits per heavy atom. The lowest BCUT2D eigenvalue weighted by Crippen LogP contribution is -2.57. The summed E-state index contributed by atoms with van der Waals surface area (Å²) in [6.45, 7) is 10.3. The van der Waals surface area contributed by atoms with Gasteiger partial charge in [-0.15, -0.1) is 0 Å². The van der Waals surface area contributed by atoms with E-state index in [1.165, 1.54) is 0 Å². The first-order valence-corrected chi connectivity index (χ1v) is 7.42. The third-order valence-electron chi connectivity index (χ3n) is 5.08. The molecule has 1 N–H and O–H groups in total. The summed E-state index contributed by atoms with van der Waals surface area (Å²) in [7, 11) is 0. The summed E-state index contributed by atoms with van der Waals surface area (Å²) in [6, 6.07) is -1.18. The average Bonchev–Trinajstić information content (AvgIpc) is 2.75. The summed E-state index contributed by atoms with van der Waals surface area (Å²) >= 11 is 0. The number of carbonyl (C=O) groups is 2. The van der Waals surface area contributed by atoms with E-state index in [9.17, 15) is 22.8 Å². The Bertz CT molecular complexity index is 480. The third kappa shape index (κ3) is 2.94. The molecule has 2 fully saturated rings. The van der Waals surface area contributed by atoms with E-state index in [0.717, 1.165) is 0 Å². The number of fused-ring (bicyclic) bond motifs is 1. The van der Waals surface area contributed by atoms with Crippen LogP contribution in [0.25, 0.3) is 0 Å². The van der Waals surface area contributed by atoms with Gasteiger partial charge >= 0.3 is 12.1 Å². The number of likely N-dealkylation sites (tertiary alicyclic amines) is 1. The summed E-state index contributed by atoms with van der Waals surface area (Å²) in [5.74, 6) is -1.66. The number of carbonyl (C=O) groups excluding carboxylic acids is 2. The molecule has 0 aromatic rings. The predicted octanol–water partition coefficient (Wildman–Crippen LogP) is 2.19. The van der Waals surface area contributed by atoms with Crippen molar-refractivity contribution in [2.24, 2.45) is 22.7 Å². The highest BCUT2D eigenvalue weighted by Crippen LogP contribution is 2.62. The largest absolute Gasteiger partial charge is 0.471 e. The molecule has 126 valence electrons. The van der Waals surface area contributed by atoms with E-state index >= 15 is 0 Å². The van der Waals surface area contributed by atoms with Crippen LogP contribution in [0, 0.1) is 22.7 Å². The fraction of sp³-hybridized carbons (Fsp3) is 0.867. The van der Waals surface area contributed by atoms with Gasteiger partial charge in [0.1, 0.15) is 6.04 Å². The Labute approximate surface area is 128 Å². The second-order valence-corrected chi connectivity index (χ2v) is 8.05. The SMILES string of the molecule is CC(C)(C)C(NC(=O)C(F)(F)F)C(=O)N1CC2C(C1)C2(C)C. The lowest BCUT2D eigenvalue weighted by molar-refractivity contribution is -0.176. The molecule has 0 aromatic carbocycles. The molecule has 2 aliphatic rings. The maximum absolute atomic E-state index is 12.6. The molecule has 2 rings (SSSR count). The van der Waals surface area contributed by atoms with Crippen LogP contribution in [0.3, 0.4) is 0 Å². The maximum atomic E-state index is 12.6. The molecule has 1 aliphatic carbocycles. The van der Waals surface area contributed by atoms with Crippen LogP contribution in [0.2, 0.25) is 0 Å². The van der Waals surface area contributed by atoms with Crippen LogP contribution in [0.4, 0.5) is 13.2 Å². The summed E-state index contributed by atoms with van der Waals surface area (Å²) in [5, 5.41) is 1.87. The van der Waals surface area contributed by atoms with Gasteiger partial charge in [-0.3, -0.25) is 9.59 Å². The molecule has 0 spiro atoms. The number of nitrogens with zero attached hydrogens (tertiary/aromatic N) is 1. The van der Waals surface area contributed by atoms with Crippen LogP contribution in [0.1, 0.15) is 34.6 Å². The van der Waals surface area contributed by atoms with Crippen LogP contribution in [0.15, 0.2) is 0 Å². The van der Waals surface area contributed by atoms with Gasteiger partial charge in [-0.2, -0.15) is 13.2 Å². The van der Waals surface area contributed by atoms with Crippen molar-refractivity contribution in [1.29, 1.82) is 0 Å². The van der Waals surface area contributed by atoms with Crippen molar-refractivity contribution in [3.8, 4) is 0 Å². The van der Waals surface area contributed by atoms with E-state index in [1.54, 1.807) is 25.7 Å². The average molecular weight is 320 g/mol. The van der Waals surface area contributed by atoms with Gasteiger partial charge in [-0.1, -0.05) is 34.6 Å². The Kier molecular flexibility index (Phi) is 3.78. The van der Waals surface area contributed by atoms with Crippen molar-refractivity contribution >= 4 is 11.8 Å². The van der Waals surface area contributed by atoms with Crippen LogP contribution < -0.4 is 5.32 Å². The van der Waals surface area contributed by atoms with Gasteiger partial charge in [-0.05, 0) is 22.7 Å². The van der Waals surface area contributed by atoms with Crippen molar-refractivity contribution in [1.82, 2.24) is 10.2 Å². The second-order valence-electron chi connectivity index (χ2n) is 8.05. The van der Waals surface area contributed by atoms with Crippen LogP contribution in [-0.2, 0) is 9.59 Å². The summed E-state index contributed by atoms with van der Waals surface area (Å²) < 4.78 is 37.4. The number of halogens is 3. The van der Waals surface area contributed by atoms with Crippen LogP contribution >= 0.6 is 0 Å². The number of piperidine rings is 1. The smallest absolute Gasteiger partial charge is 0.340 e. The van der Waals surface area contributed by atoms with Gasteiger partial charge in [0.15, 0.2) is 0 Å². The van der Waals surface area contributed by atoms with Gasteiger partial charge in [0.2, 0.25) is 5.91 Å². The summed E-state index contributed by atoms with van der Waals surface area (Å²) in [4.78, 5) is 25.4. The molecule has 1 saturated carbocycles. The predicted molar refractivity (Wildman–Crippen MR) is 74.8 cm³/mol. The molecule has 1 heterocycles. The van der Waals surface area contributed by atoms with Gasteiger partial charge in [0.05, 0.1) is 0 Å². The minimum absolute atomic E-state index is 0.212. The third-order valence-corrected chi connectivity index (χ3v) is 5.08. The number of alkyl halides is 3. The Hall–Kier alpha value is -1.27. The minimum atomic E-state index is -4.99. The van der Waals surface area contributed by atoms with E-state index in [2.05, 4.69) is 13.8 Å². The standard InChI is InChI=1S/C15H23F3N2O2/c1-13(2,3)10(19-12(22)15(16,17)18)11(21)20-6-8-9(7-20)14(8,4)5/h8-10H,6-7H2,1-5H3,(H,19,22). The zero-order valence-electron chi connectivity index (χ0n) is 13.5. The highest BCUT2D eigenvalue weighted by Gasteiger charge is 2.63. The van der Waals surface area contributed by atoms with Crippen molar-refractivity contribution in [3.05, 3.63) is 0 Å². The molecule has 0 bridgehead atoms. The van der Waals surface area contributed by atoms with Crippen LogP contribution in [-0.4, -0.2) is 42.0 Å². The first-order chi connectivity index (χ1) is 9.76. The van der Waals surface area contributed by atoms with Crippen LogP contribution in [0.5, 0.6) is 0 Å². The van der Waals surface area contributed by atoms with E-state index in [0.29, 0.717) is 24.9 Å². The molecular weight excluding hydrogens is 297 g/mol. The molecule has 1 aliphatic heterocycles. The fourth-order valence-electron chi connectivity index (χ4n) is 3.36. The fourth-order valence-corrected chi connectivity index (χ4v) is 3.36. The van der Waals surface area contributed by atoms with Gasteiger partial charge < -0.3 is 10.2 Å². The Balaban J connectivity index is 2.08. The zero-order chi connectivity index (χ0) is 17.1. The lowest BCUT2D eigenvalue weighted by atomic mass is 9.85. The molecule has 3 atom stereocenters. The monoisotopic (exact) mass is 320 g/mol. The molecule has 4 nitrogen and oxygen atoms in total. The van der Waals surface area contributed by atoms with E-state index in [1.807, 2.05) is 5.32 Å². The highest BCUT2D eigenvalue weighted by atomic mass is 19.4. The normalized spacial score (nSPS) is 28.1. The molecule has 0 aromatic heterocycles. The lowest BCUT2D eigenvalue weighted by Gasteiger charge is -2.34. The molecule has 3 unspecified atom stereocenters. The van der Waals surface area contributed by atoms with Gasteiger partial charge in [0.25, 0.3) is 0 Å². The molecule has 22 heavy (non-hydrogen) atoms. The zero-order valence-corrected chi connectivity index (χ0v) is 13.5. The number of amides is 2. The summed E-state index contributed by atoms with van der Waals surface area (Å²) in [6.07, 6.45) is -4.99. The van der Waals surface area contributed by atoms with Gasteiger partial charge in [-0.25, -0.2) is 0 Å². The topological polar surface area (TPSA) is 49.4 Å².